The monoisotopic (exact) mass is 242 g/mol. The number of hydrogen-bond donors (Lipinski definition) is 1. The topological polar surface area (TPSA) is 54.4 Å². The molecule has 16 heavy (non-hydrogen) atoms. The molecule has 2 rings (SSSR count). The minimum Gasteiger partial charge on any atom is -0.385 e. The number of sulfone groups is 1. The van der Waals surface area contributed by atoms with Crippen LogP contribution in [0, 0.1) is 5.82 Å². The van der Waals surface area contributed by atoms with E-state index in [1.165, 1.54) is 32.1 Å². The van der Waals surface area contributed by atoms with E-state index in [0.717, 1.165) is 6.07 Å². The van der Waals surface area contributed by atoms with Gasteiger partial charge in [0.25, 0.3) is 0 Å². The van der Waals surface area contributed by atoms with Crippen molar-refractivity contribution in [3.05, 3.63) is 34.5 Å². The van der Waals surface area contributed by atoms with Crippen LogP contribution in [-0.2, 0) is 9.84 Å². The molecule has 0 fully saturated rings. The van der Waals surface area contributed by atoms with Crippen molar-refractivity contribution < 1.29 is 17.9 Å². The lowest BCUT2D eigenvalue weighted by Crippen LogP contribution is -2.26. The highest BCUT2D eigenvalue weighted by atomic mass is 32.2. The summed E-state index contributed by atoms with van der Waals surface area (Å²) in [4.78, 5) is -0.507. The SMILES string of the molecule is CC(C)(O)C1=Cc2cccc(F)c2S1(=O)=O. The molecule has 0 bridgehead atoms. The number of fused-ring (bicyclic) bond motifs is 1. The van der Waals surface area contributed by atoms with Gasteiger partial charge in [0.1, 0.15) is 10.7 Å². The Labute approximate surface area is 93.1 Å². The van der Waals surface area contributed by atoms with E-state index >= 15 is 0 Å². The van der Waals surface area contributed by atoms with Gasteiger partial charge in [-0.1, -0.05) is 12.1 Å². The average molecular weight is 242 g/mol. The summed E-state index contributed by atoms with van der Waals surface area (Å²) >= 11 is 0. The number of aliphatic hydroxyl groups is 1. The van der Waals surface area contributed by atoms with Gasteiger partial charge in [-0.05, 0) is 31.6 Å². The molecule has 1 aliphatic heterocycles. The van der Waals surface area contributed by atoms with Gasteiger partial charge in [-0.25, -0.2) is 12.8 Å². The Balaban J connectivity index is 2.76. The van der Waals surface area contributed by atoms with Crippen LogP contribution >= 0.6 is 0 Å². The zero-order chi connectivity index (χ0) is 12.1. The van der Waals surface area contributed by atoms with Gasteiger partial charge in [-0.2, -0.15) is 0 Å². The van der Waals surface area contributed by atoms with Crippen molar-refractivity contribution in [1.29, 1.82) is 0 Å². The van der Waals surface area contributed by atoms with E-state index in [1.807, 2.05) is 0 Å². The molecule has 0 saturated heterocycles. The fourth-order valence-corrected chi connectivity index (χ4v) is 3.68. The largest absolute Gasteiger partial charge is 0.385 e. The quantitative estimate of drug-likeness (QED) is 0.815. The second-order valence-electron chi connectivity index (χ2n) is 4.23. The molecule has 0 atom stereocenters. The van der Waals surface area contributed by atoms with Gasteiger partial charge in [0.2, 0.25) is 9.84 Å². The number of benzene rings is 1. The van der Waals surface area contributed by atoms with E-state index in [2.05, 4.69) is 0 Å². The zero-order valence-electron chi connectivity index (χ0n) is 8.86. The number of rotatable bonds is 1. The summed E-state index contributed by atoms with van der Waals surface area (Å²) in [6.45, 7) is 2.72. The zero-order valence-corrected chi connectivity index (χ0v) is 9.68. The molecule has 0 aliphatic carbocycles. The van der Waals surface area contributed by atoms with Crippen molar-refractivity contribution in [2.45, 2.75) is 24.3 Å². The Morgan fingerprint density at radius 1 is 1.31 bits per heavy atom. The normalized spacial score (nSPS) is 18.1. The Bertz CT molecular complexity index is 580. The van der Waals surface area contributed by atoms with Crippen molar-refractivity contribution in [3.63, 3.8) is 0 Å². The number of hydrogen-bond acceptors (Lipinski definition) is 3. The molecule has 1 heterocycles. The fourth-order valence-electron chi connectivity index (χ4n) is 1.76. The van der Waals surface area contributed by atoms with Crippen LogP contribution in [0.4, 0.5) is 4.39 Å². The maximum atomic E-state index is 13.5. The first kappa shape index (κ1) is 11.3. The number of halogens is 1. The standard InChI is InChI=1S/C11H11FO3S/c1-11(2,13)9-6-7-4-3-5-8(12)10(7)16(9,14)15/h3-6,13H,1-2H3. The van der Waals surface area contributed by atoms with Crippen LogP contribution < -0.4 is 0 Å². The van der Waals surface area contributed by atoms with Crippen LogP contribution in [0.2, 0.25) is 0 Å². The Hall–Kier alpha value is -1.20. The molecule has 0 saturated carbocycles. The molecule has 1 aromatic carbocycles. The maximum absolute atomic E-state index is 13.5. The second-order valence-corrected chi connectivity index (χ2v) is 6.08. The molecule has 0 radical (unpaired) electrons. The summed E-state index contributed by atoms with van der Waals surface area (Å²) in [5.74, 6) is -0.784. The van der Waals surface area contributed by atoms with Crippen LogP contribution in [0.5, 0.6) is 0 Å². The highest BCUT2D eigenvalue weighted by molar-refractivity contribution is 7.96. The van der Waals surface area contributed by atoms with E-state index in [9.17, 15) is 17.9 Å². The second kappa shape index (κ2) is 3.15. The first-order valence-corrected chi connectivity index (χ1v) is 6.21. The summed E-state index contributed by atoms with van der Waals surface area (Å²) in [5.41, 5.74) is -1.22. The average Bonchev–Trinajstić information content (AvgIpc) is 2.38. The van der Waals surface area contributed by atoms with E-state index in [0.29, 0.717) is 0 Å². The molecule has 86 valence electrons. The van der Waals surface area contributed by atoms with Crippen molar-refractivity contribution in [1.82, 2.24) is 0 Å². The lowest BCUT2D eigenvalue weighted by Gasteiger charge is -2.18. The minimum absolute atomic E-state index is 0.167. The van der Waals surface area contributed by atoms with Gasteiger partial charge in [0.15, 0.2) is 0 Å². The van der Waals surface area contributed by atoms with Crippen molar-refractivity contribution in [2.75, 3.05) is 0 Å². The maximum Gasteiger partial charge on any atom is 0.209 e. The van der Waals surface area contributed by atoms with E-state index in [1.54, 1.807) is 0 Å². The Morgan fingerprint density at radius 3 is 2.44 bits per heavy atom. The first-order chi connectivity index (χ1) is 7.24. The van der Waals surface area contributed by atoms with Gasteiger partial charge in [0.05, 0.1) is 10.5 Å². The molecule has 0 amide bonds. The fraction of sp³-hybridized carbons (Fsp3) is 0.273. The minimum atomic E-state index is -3.90. The van der Waals surface area contributed by atoms with Crippen LogP contribution in [0.15, 0.2) is 28.0 Å². The molecule has 0 aromatic heterocycles. The molecule has 0 spiro atoms. The third-order valence-electron chi connectivity index (χ3n) is 2.45. The summed E-state index contributed by atoms with van der Waals surface area (Å²) in [7, 11) is -3.90. The predicted molar refractivity (Wildman–Crippen MR) is 57.9 cm³/mol. The van der Waals surface area contributed by atoms with Gasteiger partial charge < -0.3 is 5.11 Å². The Morgan fingerprint density at radius 2 is 1.94 bits per heavy atom. The third kappa shape index (κ3) is 1.47. The third-order valence-corrected chi connectivity index (χ3v) is 4.61. The highest BCUT2D eigenvalue weighted by Crippen LogP contribution is 2.39. The van der Waals surface area contributed by atoms with Gasteiger partial charge in [-0.15, -0.1) is 0 Å². The molecule has 1 aliphatic rings. The summed E-state index contributed by atoms with van der Waals surface area (Å²) in [5, 5.41) is 9.75. The Kier molecular flexibility index (Phi) is 2.22. The molecule has 3 nitrogen and oxygen atoms in total. The van der Waals surface area contributed by atoms with E-state index in [-0.39, 0.29) is 15.4 Å². The summed E-state index contributed by atoms with van der Waals surface area (Å²) in [6, 6.07) is 4.04. The molecule has 1 N–H and O–H groups in total. The van der Waals surface area contributed by atoms with Crippen LogP contribution in [0.25, 0.3) is 6.08 Å². The molecular weight excluding hydrogens is 231 g/mol. The van der Waals surface area contributed by atoms with Crippen LogP contribution in [-0.4, -0.2) is 19.1 Å². The molecular formula is C11H11FO3S. The van der Waals surface area contributed by atoms with Gasteiger partial charge in [0, 0.05) is 0 Å². The smallest absolute Gasteiger partial charge is 0.209 e. The van der Waals surface area contributed by atoms with E-state index in [4.69, 9.17) is 0 Å². The lowest BCUT2D eigenvalue weighted by molar-refractivity contribution is 0.129. The molecule has 0 unspecified atom stereocenters. The van der Waals surface area contributed by atoms with Crippen molar-refractivity contribution >= 4 is 15.9 Å². The molecule has 5 heteroatoms. The predicted octanol–water partition coefficient (Wildman–Crippen LogP) is 1.72. The highest BCUT2D eigenvalue weighted by Gasteiger charge is 2.39. The molecule has 1 aromatic rings. The lowest BCUT2D eigenvalue weighted by atomic mass is 10.1. The van der Waals surface area contributed by atoms with Crippen LogP contribution in [0.1, 0.15) is 19.4 Å². The summed E-state index contributed by atoms with van der Waals surface area (Å²) in [6.07, 6.45) is 1.31. The van der Waals surface area contributed by atoms with Crippen LogP contribution in [0.3, 0.4) is 0 Å². The van der Waals surface area contributed by atoms with Gasteiger partial charge in [-0.3, -0.25) is 0 Å². The summed E-state index contributed by atoms with van der Waals surface area (Å²) < 4.78 is 37.4. The van der Waals surface area contributed by atoms with E-state index < -0.39 is 21.3 Å². The van der Waals surface area contributed by atoms with Crippen molar-refractivity contribution in [3.8, 4) is 0 Å². The van der Waals surface area contributed by atoms with Gasteiger partial charge >= 0.3 is 0 Å². The van der Waals surface area contributed by atoms with Crippen molar-refractivity contribution in [2.24, 2.45) is 0 Å². The first-order valence-electron chi connectivity index (χ1n) is 4.73.